The minimum absolute atomic E-state index is 0.0450. The summed E-state index contributed by atoms with van der Waals surface area (Å²) in [7, 11) is 0. The zero-order chi connectivity index (χ0) is 20.2. The van der Waals surface area contributed by atoms with Gasteiger partial charge in [-0.15, -0.1) is 21.5 Å². The number of nitrogens with zero attached hydrogens (tertiary/aromatic N) is 4. The smallest absolute Gasteiger partial charge is 0.234 e. The van der Waals surface area contributed by atoms with Crippen LogP contribution in [0.4, 0.5) is 5.69 Å². The van der Waals surface area contributed by atoms with Crippen molar-refractivity contribution in [3.63, 3.8) is 0 Å². The number of carbonyl (C=O) groups is 2. The van der Waals surface area contributed by atoms with Crippen LogP contribution in [0, 0.1) is 0 Å². The first-order valence-corrected chi connectivity index (χ1v) is 10.6. The van der Waals surface area contributed by atoms with Gasteiger partial charge in [-0.05, 0) is 42.6 Å². The van der Waals surface area contributed by atoms with Gasteiger partial charge in [0.2, 0.25) is 11.1 Å². The summed E-state index contributed by atoms with van der Waals surface area (Å²) in [5, 5.41) is 14.0. The van der Waals surface area contributed by atoms with E-state index in [0.29, 0.717) is 22.2 Å². The van der Waals surface area contributed by atoms with Crippen LogP contribution in [-0.2, 0) is 4.79 Å². The molecule has 4 rings (SSSR count). The van der Waals surface area contributed by atoms with Gasteiger partial charge in [0.1, 0.15) is 0 Å². The molecule has 0 spiro atoms. The van der Waals surface area contributed by atoms with E-state index in [4.69, 9.17) is 0 Å². The van der Waals surface area contributed by atoms with Crippen LogP contribution < -0.4 is 5.32 Å². The molecule has 0 aliphatic rings. The summed E-state index contributed by atoms with van der Waals surface area (Å²) < 4.78 is 3.76. The molecule has 1 N–H and O–H groups in total. The Labute approximate surface area is 175 Å². The predicted octanol–water partition coefficient (Wildman–Crippen LogP) is 4.05. The minimum Gasteiger partial charge on any atom is -0.325 e. The van der Waals surface area contributed by atoms with E-state index in [2.05, 4.69) is 15.5 Å². The lowest BCUT2D eigenvalue weighted by molar-refractivity contribution is -0.113. The van der Waals surface area contributed by atoms with Crippen molar-refractivity contribution in [3.05, 3.63) is 71.9 Å². The van der Waals surface area contributed by atoms with Gasteiger partial charge in [-0.25, -0.2) is 4.68 Å². The monoisotopic (exact) mass is 423 g/mol. The summed E-state index contributed by atoms with van der Waals surface area (Å²) in [5.41, 5.74) is 1.15. The largest absolute Gasteiger partial charge is 0.325 e. The maximum atomic E-state index is 12.4. The fourth-order valence-corrected chi connectivity index (χ4v) is 4.15. The van der Waals surface area contributed by atoms with E-state index in [1.54, 1.807) is 35.6 Å². The first-order valence-electron chi connectivity index (χ1n) is 8.78. The van der Waals surface area contributed by atoms with Crippen molar-refractivity contribution < 1.29 is 9.59 Å². The van der Waals surface area contributed by atoms with Crippen LogP contribution >= 0.6 is 23.1 Å². The molecule has 29 heavy (non-hydrogen) atoms. The number of thioether (sulfide) groups is 1. The van der Waals surface area contributed by atoms with Crippen molar-refractivity contribution in [1.29, 1.82) is 0 Å². The van der Waals surface area contributed by atoms with Crippen LogP contribution in [0.3, 0.4) is 0 Å². The lowest BCUT2D eigenvalue weighted by Gasteiger charge is -2.10. The van der Waals surface area contributed by atoms with Crippen LogP contribution in [0.1, 0.15) is 17.3 Å². The number of nitrogens with one attached hydrogen (secondary N) is 1. The second-order valence-corrected chi connectivity index (χ2v) is 8.02. The Balaban J connectivity index is 1.51. The van der Waals surface area contributed by atoms with Gasteiger partial charge in [0.25, 0.3) is 0 Å². The number of thiophene rings is 1. The van der Waals surface area contributed by atoms with Crippen molar-refractivity contribution in [1.82, 2.24) is 19.5 Å². The predicted molar refractivity (Wildman–Crippen MR) is 114 cm³/mol. The van der Waals surface area contributed by atoms with Gasteiger partial charge >= 0.3 is 0 Å². The van der Waals surface area contributed by atoms with Crippen LogP contribution in [0.5, 0.6) is 0 Å². The first-order chi connectivity index (χ1) is 14.1. The summed E-state index contributed by atoms with van der Waals surface area (Å²) in [6.45, 7) is 1.50. The summed E-state index contributed by atoms with van der Waals surface area (Å²) >= 11 is 2.87. The number of aromatic nitrogens is 4. The van der Waals surface area contributed by atoms with Gasteiger partial charge in [0.15, 0.2) is 11.6 Å². The zero-order valence-corrected chi connectivity index (χ0v) is 17.1. The molecule has 0 unspecified atom stereocenters. The zero-order valence-electron chi connectivity index (χ0n) is 15.5. The van der Waals surface area contributed by atoms with Gasteiger partial charge in [-0.3, -0.25) is 14.3 Å². The van der Waals surface area contributed by atoms with Gasteiger partial charge in [0, 0.05) is 23.6 Å². The Morgan fingerprint density at radius 1 is 1.10 bits per heavy atom. The second-order valence-electron chi connectivity index (χ2n) is 6.13. The van der Waals surface area contributed by atoms with Crippen LogP contribution in [0.15, 0.2) is 71.5 Å². The SMILES string of the molecule is CC(=O)c1cccc(NC(=O)CSc2nnc(-c3cccs3)n2-n2cccc2)c1. The normalized spacial score (nSPS) is 10.8. The van der Waals surface area contributed by atoms with Crippen molar-refractivity contribution in [2.75, 3.05) is 11.1 Å². The molecule has 146 valence electrons. The molecule has 0 aliphatic carbocycles. The summed E-state index contributed by atoms with van der Waals surface area (Å²) in [5.74, 6) is 0.647. The Bertz CT molecular complexity index is 1130. The van der Waals surface area contributed by atoms with Crippen LogP contribution in [0.2, 0.25) is 0 Å². The molecular formula is C20H17N5O2S2. The third-order valence-corrected chi connectivity index (χ3v) is 5.84. The minimum atomic E-state index is -0.185. The lowest BCUT2D eigenvalue weighted by atomic mass is 10.1. The van der Waals surface area contributed by atoms with Crippen LogP contribution in [0.25, 0.3) is 10.7 Å². The van der Waals surface area contributed by atoms with Gasteiger partial charge in [0.05, 0.1) is 10.6 Å². The molecule has 1 aromatic carbocycles. The number of hydrogen-bond donors (Lipinski definition) is 1. The number of rotatable bonds is 7. The lowest BCUT2D eigenvalue weighted by Crippen LogP contribution is -2.16. The topological polar surface area (TPSA) is 81.8 Å². The summed E-state index contributed by atoms with van der Waals surface area (Å²) in [4.78, 5) is 24.9. The molecule has 1 amide bonds. The standard InChI is InChI=1S/C20H17N5O2S2/c1-14(26)15-6-4-7-16(12-15)21-18(27)13-29-20-23-22-19(17-8-5-11-28-17)25(20)24-9-2-3-10-24/h2-12H,13H2,1H3,(H,21,27). The Morgan fingerprint density at radius 3 is 2.66 bits per heavy atom. The molecule has 0 fully saturated rings. The average molecular weight is 424 g/mol. The van der Waals surface area contributed by atoms with E-state index in [1.165, 1.54) is 18.7 Å². The van der Waals surface area contributed by atoms with Crippen molar-refractivity contribution in [2.45, 2.75) is 12.1 Å². The molecular weight excluding hydrogens is 406 g/mol. The van der Waals surface area contributed by atoms with Gasteiger partial charge < -0.3 is 5.32 Å². The quantitative estimate of drug-likeness (QED) is 0.358. The van der Waals surface area contributed by atoms with E-state index in [9.17, 15) is 9.59 Å². The maximum absolute atomic E-state index is 12.4. The van der Waals surface area contributed by atoms with E-state index in [-0.39, 0.29) is 17.4 Å². The highest BCUT2D eigenvalue weighted by atomic mass is 32.2. The first kappa shape index (κ1) is 19.2. The number of benzene rings is 1. The van der Waals surface area contributed by atoms with E-state index >= 15 is 0 Å². The van der Waals surface area contributed by atoms with E-state index in [1.807, 2.05) is 51.4 Å². The molecule has 0 radical (unpaired) electrons. The fourth-order valence-electron chi connectivity index (χ4n) is 2.72. The third-order valence-electron chi connectivity index (χ3n) is 4.06. The van der Waals surface area contributed by atoms with Crippen molar-refractivity contribution in [2.24, 2.45) is 0 Å². The van der Waals surface area contributed by atoms with Crippen molar-refractivity contribution >= 4 is 40.5 Å². The number of Topliss-reactive ketones (excluding diaryl/α,β-unsaturated/α-hetero) is 1. The molecule has 0 saturated heterocycles. The molecule has 0 saturated carbocycles. The molecule has 4 aromatic rings. The summed E-state index contributed by atoms with van der Waals surface area (Å²) in [6.07, 6.45) is 3.80. The van der Waals surface area contributed by atoms with E-state index < -0.39 is 0 Å². The molecule has 3 heterocycles. The number of ketones is 1. The average Bonchev–Trinajstić information content (AvgIpc) is 3.47. The highest BCUT2D eigenvalue weighted by Gasteiger charge is 2.17. The number of anilines is 1. The molecule has 0 bridgehead atoms. The van der Waals surface area contributed by atoms with Gasteiger partial charge in [-0.1, -0.05) is 30.0 Å². The molecule has 0 atom stereocenters. The molecule has 3 aromatic heterocycles. The third kappa shape index (κ3) is 4.30. The fraction of sp³-hybridized carbons (Fsp3) is 0.100. The highest BCUT2D eigenvalue weighted by Crippen LogP contribution is 2.27. The Morgan fingerprint density at radius 2 is 1.93 bits per heavy atom. The Kier molecular flexibility index (Phi) is 5.59. The highest BCUT2D eigenvalue weighted by molar-refractivity contribution is 7.99. The van der Waals surface area contributed by atoms with Crippen molar-refractivity contribution in [3.8, 4) is 10.7 Å². The molecule has 0 aliphatic heterocycles. The number of carbonyl (C=O) groups excluding carboxylic acids is 2. The number of amides is 1. The maximum Gasteiger partial charge on any atom is 0.234 e. The Hall–Kier alpha value is -3.17. The van der Waals surface area contributed by atoms with E-state index in [0.717, 1.165) is 4.88 Å². The molecule has 7 nitrogen and oxygen atoms in total. The molecule has 9 heteroatoms. The summed E-state index contributed by atoms with van der Waals surface area (Å²) in [6, 6.07) is 14.7. The second kappa shape index (κ2) is 8.46. The van der Waals surface area contributed by atoms with Crippen LogP contribution in [-0.4, -0.2) is 37.0 Å². The van der Waals surface area contributed by atoms with Gasteiger partial charge in [-0.2, -0.15) is 0 Å². The number of hydrogen-bond acceptors (Lipinski definition) is 6.